The Kier molecular flexibility index (Phi) is 2.59. The summed E-state index contributed by atoms with van der Waals surface area (Å²) in [7, 11) is 0. The quantitative estimate of drug-likeness (QED) is 0.463. The average molecular weight is 249 g/mol. The first-order valence-electron chi connectivity index (χ1n) is 4.99. The number of carbonyl (C=O) groups excluding carboxylic acids is 1. The number of hydrogen-bond donors (Lipinski definition) is 2. The number of nitrogens with zero attached hydrogens (tertiary/aromatic N) is 2. The summed E-state index contributed by atoms with van der Waals surface area (Å²) in [6, 6.07) is 5.84. The lowest BCUT2D eigenvalue weighted by atomic mass is 10.2. The number of carboxylic acids is 1. The molecule has 1 aromatic carbocycles. The zero-order valence-corrected chi connectivity index (χ0v) is 9.32. The van der Waals surface area contributed by atoms with Crippen molar-refractivity contribution in [3.63, 3.8) is 0 Å². The van der Waals surface area contributed by atoms with E-state index in [-0.39, 0.29) is 15.5 Å². The van der Waals surface area contributed by atoms with Crippen LogP contribution < -0.4 is 4.43 Å². The van der Waals surface area contributed by atoms with Crippen LogP contribution in [0.25, 0.3) is 11.0 Å². The Labute approximate surface area is 100 Å². The summed E-state index contributed by atoms with van der Waals surface area (Å²) in [4.78, 5) is 34.4. The molecule has 0 aliphatic heterocycles. The second kappa shape index (κ2) is 3.95. The van der Waals surface area contributed by atoms with Crippen molar-refractivity contribution in [2.75, 3.05) is 0 Å². The molecule has 0 spiro atoms. The number of aromatic carboxylic acids is 1. The fourth-order valence-corrected chi connectivity index (χ4v) is 1.75. The summed E-state index contributed by atoms with van der Waals surface area (Å²) in [5, 5.41) is 18.8. The molecule has 1 aromatic heterocycles. The van der Waals surface area contributed by atoms with Crippen LogP contribution in [0, 0.1) is 4.91 Å². The van der Waals surface area contributed by atoms with E-state index in [9.17, 15) is 19.7 Å². The van der Waals surface area contributed by atoms with Crippen molar-refractivity contribution in [3.8, 4) is 0 Å². The van der Waals surface area contributed by atoms with Crippen LogP contribution in [0.15, 0.2) is 24.3 Å². The number of rotatable bonds is 2. The lowest BCUT2D eigenvalue weighted by molar-refractivity contribution is -0.468. The molecule has 0 aliphatic rings. The molecular weight excluding hydrogens is 240 g/mol. The molecule has 7 nitrogen and oxygen atoms in total. The molecule has 92 valence electrons. The molecule has 2 aromatic rings. The topological polar surface area (TPSA) is 102 Å². The molecule has 2 N–H and O–H groups in total. The van der Waals surface area contributed by atoms with E-state index in [4.69, 9.17) is 5.11 Å². The van der Waals surface area contributed by atoms with Crippen LogP contribution in [0.4, 0.5) is 0 Å². The van der Waals surface area contributed by atoms with Crippen LogP contribution in [0.5, 0.6) is 0 Å². The van der Waals surface area contributed by atoms with Crippen molar-refractivity contribution < 1.29 is 24.3 Å². The lowest BCUT2D eigenvalue weighted by Crippen LogP contribution is -2.32. The molecule has 0 amide bonds. The Morgan fingerprint density at radius 1 is 1.28 bits per heavy atom. The van der Waals surface area contributed by atoms with Crippen LogP contribution >= 0.6 is 0 Å². The molecule has 7 heteroatoms. The number of hydrogen-bond acceptors (Lipinski definition) is 4. The van der Waals surface area contributed by atoms with Crippen LogP contribution in [0.1, 0.15) is 27.9 Å². The van der Waals surface area contributed by atoms with Crippen molar-refractivity contribution in [3.05, 3.63) is 40.6 Å². The number of Topliss-reactive ketones (excluding diaryl/α,β-unsaturated/α-hetero) is 1. The van der Waals surface area contributed by atoms with E-state index in [1.807, 2.05) is 0 Å². The highest BCUT2D eigenvalue weighted by Crippen LogP contribution is 2.14. The first-order valence-corrected chi connectivity index (χ1v) is 4.99. The Balaban J connectivity index is 3.11. The van der Waals surface area contributed by atoms with Crippen molar-refractivity contribution >= 4 is 22.8 Å². The zero-order valence-electron chi connectivity index (χ0n) is 9.32. The molecular formula is C11H9N2O5+. The van der Waals surface area contributed by atoms with Gasteiger partial charge >= 0.3 is 11.7 Å². The molecule has 0 saturated carbocycles. The van der Waals surface area contributed by atoms with Crippen molar-refractivity contribution in [1.82, 2.24) is 4.73 Å². The first kappa shape index (κ1) is 11.8. The third kappa shape index (κ3) is 1.53. The number of para-hydroxylation sites is 2. The molecule has 0 bridgehead atoms. The van der Waals surface area contributed by atoms with Crippen molar-refractivity contribution in [1.29, 1.82) is 0 Å². The second-order valence-corrected chi connectivity index (χ2v) is 3.65. The maximum absolute atomic E-state index is 12.0. The van der Waals surface area contributed by atoms with Gasteiger partial charge in [0.25, 0.3) is 5.52 Å². The van der Waals surface area contributed by atoms with Crippen LogP contribution in [0.3, 0.4) is 0 Å². The number of ketones is 1. The van der Waals surface area contributed by atoms with Crippen molar-refractivity contribution in [2.45, 2.75) is 6.92 Å². The zero-order chi connectivity index (χ0) is 13.4. The van der Waals surface area contributed by atoms with E-state index < -0.39 is 23.1 Å². The van der Waals surface area contributed by atoms with Gasteiger partial charge in [-0.3, -0.25) is 4.79 Å². The second-order valence-electron chi connectivity index (χ2n) is 3.65. The van der Waals surface area contributed by atoms with Gasteiger partial charge in [0.05, 0.1) is 4.43 Å². The highest BCUT2D eigenvalue weighted by Gasteiger charge is 2.32. The predicted octanol–water partition coefficient (Wildman–Crippen LogP) is 0.694. The summed E-state index contributed by atoms with van der Waals surface area (Å²) >= 11 is 0. The number of fused-ring (bicyclic) bond motifs is 1. The van der Waals surface area contributed by atoms with E-state index in [1.165, 1.54) is 18.2 Å². The molecule has 0 fully saturated rings. The molecule has 1 heterocycles. The monoisotopic (exact) mass is 249 g/mol. The standard InChI is InChI=1S/C11H8N2O5/c1-6(14)9-10(11(15)16)13(18)8-5-3-2-4-7(8)12(9)17/h2-5,18H,1H3/p+1. The largest absolute Gasteiger partial charge is 0.476 e. The summed E-state index contributed by atoms with van der Waals surface area (Å²) < 4.78 is 0.552. The maximum Gasteiger partial charge on any atom is 0.363 e. The minimum absolute atomic E-state index is 0.00917. The molecule has 2 rings (SSSR count). The SMILES string of the molecule is CC(=O)c1c(C(=O)O)n(O)c2ccccc2[n+]1=O. The normalized spacial score (nSPS) is 10.5. The summed E-state index contributed by atoms with van der Waals surface area (Å²) in [5.41, 5.74) is -1.34. The number of aromatic nitrogens is 2. The fourth-order valence-electron chi connectivity index (χ4n) is 1.75. The predicted molar refractivity (Wildman–Crippen MR) is 59.5 cm³/mol. The number of carbonyl (C=O) groups is 2. The molecule has 0 aliphatic carbocycles. The van der Waals surface area contributed by atoms with E-state index in [0.717, 1.165) is 6.92 Å². The summed E-state index contributed by atoms with van der Waals surface area (Å²) in [6.07, 6.45) is 0. The third-order valence-corrected chi connectivity index (χ3v) is 2.50. The fraction of sp³-hybridized carbons (Fsp3) is 0.0909. The van der Waals surface area contributed by atoms with Gasteiger partial charge in [-0.2, -0.15) is 4.73 Å². The minimum Gasteiger partial charge on any atom is -0.476 e. The Morgan fingerprint density at radius 3 is 2.44 bits per heavy atom. The van der Waals surface area contributed by atoms with Gasteiger partial charge in [-0.15, -0.1) is 0 Å². The third-order valence-electron chi connectivity index (χ3n) is 2.50. The van der Waals surface area contributed by atoms with E-state index in [1.54, 1.807) is 6.07 Å². The van der Waals surface area contributed by atoms with Gasteiger partial charge in [0.2, 0.25) is 11.5 Å². The van der Waals surface area contributed by atoms with Gasteiger partial charge in [-0.1, -0.05) is 12.1 Å². The molecule has 0 radical (unpaired) electrons. The molecule has 0 saturated heterocycles. The van der Waals surface area contributed by atoms with Gasteiger partial charge in [0, 0.05) is 17.9 Å². The average Bonchev–Trinajstić information content (AvgIpc) is 2.32. The first-order chi connectivity index (χ1) is 8.45. The van der Waals surface area contributed by atoms with Gasteiger partial charge in [-0.25, -0.2) is 4.79 Å². The summed E-state index contributed by atoms with van der Waals surface area (Å²) in [6.45, 7) is 1.06. The number of carboxylic acid groups (broad SMARTS) is 1. The molecule has 0 unspecified atom stereocenters. The van der Waals surface area contributed by atoms with Crippen LogP contribution in [0.2, 0.25) is 0 Å². The lowest BCUT2D eigenvalue weighted by Gasteiger charge is -2.04. The highest BCUT2D eigenvalue weighted by molar-refractivity contribution is 6.02. The van der Waals surface area contributed by atoms with Crippen LogP contribution in [-0.2, 0) is 0 Å². The van der Waals surface area contributed by atoms with E-state index in [0.29, 0.717) is 4.73 Å². The molecule has 0 atom stereocenters. The number of benzene rings is 1. The minimum atomic E-state index is -1.56. The van der Waals surface area contributed by atoms with Crippen molar-refractivity contribution in [2.24, 2.45) is 0 Å². The summed E-state index contributed by atoms with van der Waals surface area (Å²) in [5.74, 6) is -2.30. The van der Waals surface area contributed by atoms with Gasteiger partial charge in [0.15, 0.2) is 5.52 Å². The Morgan fingerprint density at radius 2 is 1.89 bits per heavy atom. The van der Waals surface area contributed by atoms with Gasteiger partial charge < -0.3 is 10.3 Å². The van der Waals surface area contributed by atoms with E-state index in [2.05, 4.69) is 0 Å². The van der Waals surface area contributed by atoms with Gasteiger partial charge in [-0.05, 0) is 6.07 Å². The van der Waals surface area contributed by atoms with Gasteiger partial charge in [0.1, 0.15) is 0 Å². The Hall–Kier alpha value is -2.70. The maximum atomic E-state index is 12.0. The Bertz CT molecular complexity index is 732. The van der Waals surface area contributed by atoms with E-state index >= 15 is 0 Å². The molecule has 18 heavy (non-hydrogen) atoms. The highest BCUT2D eigenvalue weighted by atomic mass is 16.5. The smallest absolute Gasteiger partial charge is 0.363 e. The van der Waals surface area contributed by atoms with Crippen LogP contribution in [-0.4, -0.2) is 26.8 Å².